The molecule has 3 aromatic rings. The van der Waals surface area contributed by atoms with Crippen molar-refractivity contribution < 1.29 is 19.4 Å². The van der Waals surface area contributed by atoms with Crippen molar-refractivity contribution in [2.45, 2.75) is 46.1 Å². The second-order valence-corrected chi connectivity index (χ2v) is 9.84. The molecule has 4 rings (SSSR count). The first kappa shape index (κ1) is 24.2. The Morgan fingerprint density at radius 2 is 1.80 bits per heavy atom. The van der Waals surface area contributed by atoms with Crippen molar-refractivity contribution in [2.24, 2.45) is 0 Å². The van der Waals surface area contributed by atoms with Gasteiger partial charge in [-0.05, 0) is 66.3 Å². The maximum atomic E-state index is 13.4. The Kier molecular flexibility index (Phi) is 6.24. The summed E-state index contributed by atoms with van der Waals surface area (Å²) in [6.45, 7) is 10.0. The SMILES string of the molecule is COc1ccc(/C(O)=C2/C(=O)C(=O)N(c3cccc(C)c3C)C2c2cccnc2)cc1C(C)(C)C. The highest BCUT2D eigenvalue weighted by Crippen LogP contribution is 2.44. The number of benzene rings is 2. The van der Waals surface area contributed by atoms with Crippen LogP contribution in [0.25, 0.3) is 5.76 Å². The monoisotopic (exact) mass is 470 g/mol. The number of hydrogen-bond donors (Lipinski definition) is 1. The molecule has 1 fully saturated rings. The van der Waals surface area contributed by atoms with E-state index in [1.165, 1.54) is 4.90 Å². The van der Waals surface area contributed by atoms with Gasteiger partial charge in [0.05, 0.1) is 18.7 Å². The molecule has 1 aromatic heterocycles. The summed E-state index contributed by atoms with van der Waals surface area (Å²) in [5.74, 6) is -0.948. The molecule has 1 aliphatic rings. The summed E-state index contributed by atoms with van der Waals surface area (Å²) in [4.78, 5) is 32.5. The first-order valence-corrected chi connectivity index (χ1v) is 11.5. The summed E-state index contributed by atoms with van der Waals surface area (Å²) in [5.41, 5.74) is 4.25. The number of aliphatic hydroxyl groups excluding tert-OH is 1. The highest BCUT2D eigenvalue weighted by atomic mass is 16.5. The number of hydrogen-bond acceptors (Lipinski definition) is 5. The lowest BCUT2D eigenvalue weighted by molar-refractivity contribution is -0.132. The Hall–Kier alpha value is -3.93. The van der Waals surface area contributed by atoms with Crippen molar-refractivity contribution in [3.05, 3.63) is 94.3 Å². The topological polar surface area (TPSA) is 79.7 Å². The number of ketones is 1. The first-order chi connectivity index (χ1) is 16.6. The van der Waals surface area contributed by atoms with E-state index in [9.17, 15) is 14.7 Å². The normalized spacial score (nSPS) is 17.7. The fraction of sp³-hybridized carbons (Fsp3) is 0.276. The summed E-state index contributed by atoms with van der Waals surface area (Å²) < 4.78 is 5.52. The number of Topliss-reactive ketones (excluding diaryl/α,β-unsaturated/α-hetero) is 1. The highest BCUT2D eigenvalue weighted by Gasteiger charge is 2.47. The van der Waals surface area contributed by atoms with E-state index in [2.05, 4.69) is 4.98 Å². The maximum absolute atomic E-state index is 13.4. The van der Waals surface area contributed by atoms with Crippen molar-refractivity contribution >= 4 is 23.1 Å². The zero-order valence-electron chi connectivity index (χ0n) is 20.9. The molecule has 1 N–H and O–H groups in total. The van der Waals surface area contributed by atoms with Gasteiger partial charge in [0, 0.05) is 29.2 Å². The van der Waals surface area contributed by atoms with Gasteiger partial charge in [-0.1, -0.05) is 39.0 Å². The minimum Gasteiger partial charge on any atom is -0.507 e. The molecule has 180 valence electrons. The van der Waals surface area contributed by atoms with Gasteiger partial charge >= 0.3 is 0 Å². The van der Waals surface area contributed by atoms with Crippen LogP contribution in [0.3, 0.4) is 0 Å². The molecule has 0 radical (unpaired) electrons. The van der Waals surface area contributed by atoms with Gasteiger partial charge in [-0.25, -0.2) is 0 Å². The van der Waals surface area contributed by atoms with Crippen LogP contribution in [0.4, 0.5) is 5.69 Å². The number of rotatable bonds is 4. The predicted molar refractivity (Wildman–Crippen MR) is 137 cm³/mol. The summed E-state index contributed by atoms with van der Waals surface area (Å²) in [7, 11) is 1.60. The molecule has 1 atom stereocenters. The zero-order chi connectivity index (χ0) is 25.5. The molecule has 35 heavy (non-hydrogen) atoms. The number of methoxy groups -OCH3 is 1. The molecule has 0 saturated carbocycles. The van der Waals surface area contributed by atoms with Crippen LogP contribution in [-0.2, 0) is 15.0 Å². The summed E-state index contributed by atoms with van der Waals surface area (Å²) in [5, 5.41) is 11.5. The van der Waals surface area contributed by atoms with Crippen LogP contribution in [0.15, 0.2) is 66.5 Å². The van der Waals surface area contributed by atoms with E-state index in [1.807, 2.05) is 65.0 Å². The molecule has 1 aliphatic heterocycles. The average molecular weight is 471 g/mol. The van der Waals surface area contributed by atoms with Gasteiger partial charge in [0.2, 0.25) is 0 Å². The van der Waals surface area contributed by atoms with Crippen molar-refractivity contribution in [3.8, 4) is 5.75 Å². The number of carbonyl (C=O) groups excluding carboxylic acids is 2. The van der Waals surface area contributed by atoms with E-state index < -0.39 is 17.7 Å². The number of nitrogens with zero attached hydrogens (tertiary/aromatic N) is 2. The van der Waals surface area contributed by atoms with Gasteiger partial charge in [-0.3, -0.25) is 19.5 Å². The van der Waals surface area contributed by atoms with Crippen LogP contribution in [0, 0.1) is 13.8 Å². The largest absolute Gasteiger partial charge is 0.507 e. The Morgan fingerprint density at radius 3 is 2.43 bits per heavy atom. The number of anilines is 1. The van der Waals surface area contributed by atoms with Gasteiger partial charge in [0.1, 0.15) is 11.5 Å². The van der Waals surface area contributed by atoms with Crippen LogP contribution in [-0.4, -0.2) is 28.9 Å². The quantitative estimate of drug-likeness (QED) is 0.304. The third-order valence-electron chi connectivity index (χ3n) is 6.56. The van der Waals surface area contributed by atoms with Crippen molar-refractivity contribution in [1.29, 1.82) is 0 Å². The molecule has 1 unspecified atom stereocenters. The maximum Gasteiger partial charge on any atom is 0.300 e. The van der Waals surface area contributed by atoms with Crippen LogP contribution in [0.1, 0.15) is 54.6 Å². The molecule has 1 amide bonds. The Labute approximate surface area is 205 Å². The smallest absolute Gasteiger partial charge is 0.300 e. The second-order valence-electron chi connectivity index (χ2n) is 9.84. The van der Waals surface area contributed by atoms with Crippen LogP contribution < -0.4 is 9.64 Å². The fourth-order valence-electron chi connectivity index (χ4n) is 4.53. The molecule has 6 nitrogen and oxygen atoms in total. The second kappa shape index (κ2) is 9.02. The lowest BCUT2D eigenvalue weighted by Gasteiger charge is -2.27. The highest BCUT2D eigenvalue weighted by molar-refractivity contribution is 6.51. The zero-order valence-corrected chi connectivity index (χ0v) is 20.9. The summed E-state index contributed by atoms with van der Waals surface area (Å²) >= 11 is 0. The standard InChI is InChI=1S/C29H30N2O4/c1-17-9-7-11-22(18(17)2)31-25(20-10-8-14-30-16-20)24(27(33)28(31)34)26(32)19-12-13-23(35-6)21(15-19)29(3,4)5/h7-16,25,32H,1-6H3/b26-24-. The molecule has 0 spiro atoms. The molecule has 0 aliphatic carbocycles. The summed E-state index contributed by atoms with van der Waals surface area (Å²) in [6, 6.07) is 13.7. The summed E-state index contributed by atoms with van der Waals surface area (Å²) in [6.07, 6.45) is 3.25. The molecule has 1 saturated heterocycles. The lowest BCUT2D eigenvalue weighted by Crippen LogP contribution is -2.30. The molecular formula is C29H30N2O4. The Bertz CT molecular complexity index is 1340. The van der Waals surface area contributed by atoms with Crippen molar-refractivity contribution in [3.63, 3.8) is 0 Å². The molecule has 0 bridgehead atoms. The predicted octanol–water partition coefficient (Wildman–Crippen LogP) is 5.63. The minimum atomic E-state index is -0.815. The van der Waals surface area contributed by atoms with Crippen LogP contribution in [0.2, 0.25) is 0 Å². The van der Waals surface area contributed by atoms with E-state index in [1.54, 1.807) is 37.7 Å². The van der Waals surface area contributed by atoms with Gasteiger partial charge in [0.15, 0.2) is 0 Å². The van der Waals surface area contributed by atoms with Gasteiger partial charge < -0.3 is 9.84 Å². The Morgan fingerprint density at radius 1 is 1.06 bits per heavy atom. The molecule has 2 aromatic carbocycles. The average Bonchev–Trinajstić information content (AvgIpc) is 3.10. The van der Waals surface area contributed by atoms with Gasteiger partial charge in [-0.2, -0.15) is 0 Å². The number of amides is 1. The lowest BCUT2D eigenvalue weighted by atomic mass is 9.84. The number of aliphatic hydroxyl groups is 1. The Balaban J connectivity index is 1.98. The molecular weight excluding hydrogens is 440 g/mol. The minimum absolute atomic E-state index is 0.0360. The fourth-order valence-corrected chi connectivity index (χ4v) is 4.53. The van der Waals surface area contributed by atoms with E-state index in [0.717, 1.165) is 16.7 Å². The van der Waals surface area contributed by atoms with Crippen molar-refractivity contribution in [2.75, 3.05) is 12.0 Å². The van der Waals surface area contributed by atoms with Gasteiger partial charge in [0.25, 0.3) is 11.7 Å². The van der Waals surface area contributed by atoms with Crippen LogP contribution >= 0.6 is 0 Å². The number of aromatic nitrogens is 1. The third kappa shape index (κ3) is 4.20. The number of aryl methyl sites for hydroxylation is 1. The molecule has 2 heterocycles. The first-order valence-electron chi connectivity index (χ1n) is 11.5. The number of carbonyl (C=O) groups is 2. The van der Waals surface area contributed by atoms with Gasteiger partial charge in [-0.15, -0.1) is 0 Å². The van der Waals surface area contributed by atoms with E-state index in [4.69, 9.17) is 4.74 Å². The number of ether oxygens (including phenoxy) is 1. The third-order valence-corrected chi connectivity index (χ3v) is 6.56. The number of pyridine rings is 1. The van der Waals surface area contributed by atoms with Crippen LogP contribution in [0.5, 0.6) is 5.75 Å². The van der Waals surface area contributed by atoms with E-state index in [0.29, 0.717) is 22.6 Å². The molecule has 6 heteroatoms. The van der Waals surface area contributed by atoms with E-state index in [-0.39, 0.29) is 16.7 Å². The van der Waals surface area contributed by atoms with Crippen molar-refractivity contribution in [1.82, 2.24) is 4.98 Å². The van der Waals surface area contributed by atoms with E-state index >= 15 is 0 Å².